The molecule has 1 N–H and O–H groups in total. The first-order chi connectivity index (χ1) is 14.2. The molecular weight excluding hydrogens is 458 g/mol. The Morgan fingerprint density at radius 3 is 2.53 bits per heavy atom. The van der Waals surface area contributed by atoms with E-state index in [1.807, 2.05) is 6.07 Å². The second kappa shape index (κ2) is 7.86. The van der Waals surface area contributed by atoms with Gasteiger partial charge in [0.1, 0.15) is 11.6 Å². The van der Waals surface area contributed by atoms with Gasteiger partial charge in [0.15, 0.2) is 0 Å². The standard InChI is InChI=1S/C21H19BrF2N4O2/c1-10(12-6-13(20(23)24)8-14(7-12)28(29)30)25-21-17-9-18(22)15-4-3-5-16(15)19(17)26-11(2)27-21/h6-10,20H,3-5H2,1-2H3,(H,25,26,27). The number of nitro benzene ring substituents is 1. The Morgan fingerprint density at radius 1 is 1.13 bits per heavy atom. The molecule has 1 aromatic heterocycles. The van der Waals surface area contributed by atoms with Crippen molar-refractivity contribution in [2.75, 3.05) is 5.32 Å². The quantitative estimate of drug-likeness (QED) is 0.349. The zero-order valence-corrected chi connectivity index (χ0v) is 18.0. The third-order valence-electron chi connectivity index (χ3n) is 5.40. The van der Waals surface area contributed by atoms with Crippen molar-refractivity contribution in [3.63, 3.8) is 0 Å². The van der Waals surface area contributed by atoms with E-state index < -0.39 is 17.4 Å². The highest BCUT2D eigenvalue weighted by Crippen LogP contribution is 2.38. The van der Waals surface area contributed by atoms with Gasteiger partial charge < -0.3 is 5.32 Å². The fourth-order valence-corrected chi connectivity index (χ4v) is 4.64. The molecule has 30 heavy (non-hydrogen) atoms. The number of nitrogens with one attached hydrogen (secondary N) is 1. The van der Waals surface area contributed by atoms with Crippen LogP contribution in [0.1, 0.15) is 53.9 Å². The van der Waals surface area contributed by atoms with Gasteiger partial charge in [0.2, 0.25) is 0 Å². The second-order valence-electron chi connectivity index (χ2n) is 7.47. The zero-order chi connectivity index (χ0) is 21.6. The van der Waals surface area contributed by atoms with Crippen molar-refractivity contribution in [2.45, 2.75) is 45.6 Å². The fraction of sp³-hybridized carbons (Fsp3) is 0.333. The van der Waals surface area contributed by atoms with Crippen LogP contribution in [-0.4, -0.2) is 14.9 Å². The van der Waals surface area contributed by atoms with Crippen molar-refractivity contribution in [1.29, 1.82) is 0 Å². The number of halogens is 3. The first-order valence-corrected chi connectivity index (χ1v) is 10.4. The van der Waals surface area contributed by atoms with Crippen LogP contribution >= 0.6 is 15.9 Å². The Hall–Kier alpha value is -2.68. The summed E-state index contributed by atoms with van der Waals surface area (Å²) in [5.74, 6) is 1.17. The topological polar surface area (TPSA) is 81.0 Å². The van der Waals surface area contributed by atoms with Crippen LogP contribution in [0, 0.1) is 17.0 Å². The highest BCUT2D eigenvalue weighted by Gasteiger charge is 2.22. The van der Waals surface area contributed by atoms with Gasteiger partial charge in [-0.25, -0.2) is 18.7 Å². The molecule has 156 valence electrons. The number of fused-ring (bicyclic) bond motifs is 3. The molecule has 2 aromatic carbocycles. The van der Waals surface area contributed by atoms with Crippen molar-refractivity contribution < 1.29 is 13.7 Å². The monoisotopic (exact) mass is 476 g/mol. The minimum atomic E-state index is -2.79. The summed E-state index contributed by atoms with van der Waals surface area (Å²) >= 11 is 3.64. The molecule has 0 spiro atoms. The predicted octanol–water partition coefficient (Wildman–Crippen LogP) is 6.21. The van der Waals surface area contributed by atoms with E-state index in [0.717, 1.165) is 40.7 Å². The molecule has 0 aliphatic heterocycles. The van der Waals surface area contributed by atoms with Gasteiger partial charge in [-0.1, -0.05) is 15.9 Å². The SMILES string of the molecule is Cc1nc(NC(C)c2cc(C(F)F)cc([N+](=O)[O-])c2)c2cc(Br)c3c(c2n1)CCC3. The number of benzene rings is 2. The van der Waals surface area contributed by atoms with E-state index in [1.165, 1.54) is 23.3 Å². The summed E-state index contributed by atoms with van der Waals surface area (Å²) in [5, 5.41) is 15.3. The van der Waals surface area contributed by atoms with Crippen LogP contribution in [0.2, 0.25) is 0 Å². The summed E-state index contributed by atoms with van der Waals surface area (Å²) in [6, 6.07) is 5.01. The van der Waals surface area contributed by atoms with E-state index >= 15 is 0 Å². The largest absolute Gasteiger partial charge is 0.363 e. The predicted molar refractivity (Wildman–Crippen MR) is 114 cm³/mol. The highest BCUT2D eigenvalue weighted by molar-refractivity contribution is 9.10. The zero-order valence-electron chi connectivity index (χ0n) is 16.4. The van der Waals surface area contributed by atoms with Gasteiger partial charge in [0, 0.05) is 27.6 Å². The maximum Gasteiger partial charge on any atom is 0.270 e. The minimum Gasteiger partial charge on any atom is -0.363 e. The van der Waals surface area contributed by atoms with Gasteiger partial charge in [-0.05, 0) is 61.9 Å². The summed E-state index contributed by atoms with van der Waals surface area (Å²) in [5.41, 5.74) is 3.01. The van der Waals surface area contributed by atoms with Crippen LogP contribution in [0.25, 0.3) is 10.9 Å². The van der Waals surface area contributed by atoms with Crippen LogP contribution in [0.3, 0.4) is 0 Å². The first kappa shape index (κ1) is 20.6. The van der Waals surface area contributed by atoms with Gasteiger partial charge >= 0.3 is 0 Å². The lowest BCUT2D eigenvalue weighted by atomic mass is 10.0. The van der Waals surface area contributed by atoms with E-state index in [9.17, 15) is 18.9 Å². The number of aromatic nitrogens is 2. The van der Waals surface area contributed by atoms with Crippen molar-refractivity contribution in [1.82, 2.24) is 9.97 Å². The van der Waals surface area contributed by atoms with E-state index in [4.69, 9.17) is 0 Å². The molecule has 0 fully saturated rings. The van der Waals surface area contributed by atoms with Crippen LogP contribution in [0.5, 0.6) is 0 Å². The lowest BCUT2D eigenvalue weighted by Gasteiger charge is -2.19. The number of non-ortho nitro benzene ring substituents is 1. The van der Waals surface area contributed by atoms with E-state index in [1.54, 1.807) is 13.8 Å². The summed E-state index contributed by atoms with van der Waals surface area (Å²) < 4.78 is 27.5. The molecule has 1 unspecified atom stereocenters. The lowest BCUT2D eigenvalue weighted by Crippen LogP contribution is -2.11. The molecular formula is C21H19BrF2N4O2. The number of rotatable bonds is 5. The normalized spacial score (nSPS) is 14.2. The van der Waals surface area contributed by atoms with Crippen LogP contribution in [0.4, 0.5) is 20.3 Å². The molecule has 1 heterocycles. The average molecular weight is 477 g/mol. The van der Waals surface area contributed by atoms with Gasteiger partial charge in [0.05, 0.1) is 16.5 Å². The summed E-state index contributed by atoms with van der Waals surface area (Å²) in [6.45, 7) is 3.57. The highest BCUT2D eigenvalue weighted by atomic mass is 79.9. The van der Waals surface area contributed by atoms with Gasteiger partial charge in [0.25, 0.3) is 12.1 Å². The van der Waals surface area contributed by atoms with Crippen molar-refractivity contribution >= 4 is 38.3 Å². The molecule has 0 saturated heterocycles. The molecule has 9 heteroatoms. The molecule has 1 aliphatic rings. The third kappa shape index (κ3) is 3.74. The molecule has 4 rings (SSSR count). The Balaban J connectivity index is 1.78. The van der Waals surface area contributed by atoms with Crippen LogP contribution in [0.15, 0.2) is 28.7 Å². The number of aryl methyl sites for hydroxylation is 2. The molecule has 3 aromatic rings. The van der Waals surface area contributed by atoms with Gasteiger partial charge in [-0.2, -0.15) is 0 Å². The van der Waals surface area contributed by atoms with E-state index in [-0.39, 0.29) is 11.3 Å². The Labute approximate surface area is 180 Å². The Bertz CT molecular complexity index is 1170. The van der Waals surface area contributed by atoms with Crippen molar-refractivity contribution in [3.05, 3.63) is 66.9 Å². The summed E-state index contributed by atoms with van der Waals surface area (Å²) in [6.07, 6.45) is 0.216. The number of hydrogen-bond donors (Lipinski definition) is 1. The van der Waals surface area contributed by atoms with Crippen LogP contribution < -0.4 is 5.32 Å². The van der Waals surface area contributed by atoms with Gasteiger partial charge in [-0.15, -0.1) is 0 Å². The number of anilines is 1. The van der Waals surface area contributed by atoms with E-state index in [2.05, 4.69) is 31.2 Å². The molecule has 1 atom stereocenters. The molecule has 1 aliphatic carbocycles. The number of nitrogens with zero attached hydrogens (tertiary/aromatic N) is 3. The van der Waals surface area contributed by atoms with Gasteiger partial charge in [-0.3, -0.25) is 10.1 Å². The Morgan fingerprint density at radius 2 is 1.83 bits per heavy atom. The number of hydrogen-bond acceptors (Lipinski definition) is 5. The second-order valence-corrected chi connectivity index (χ2v) is 8.32. The first-order valence-electron chi connectivity index (χ1n) is 9.57. The lowest BCUT2D eigenvalue weighted by molar-refractivity contribution is -0.385. The maximum atomic E-state index is 13.2. The van der Waals surface area contributed by atoms with Crippen molar-refractivity contribution in [3.8, 4) is 0 Å². The number of alkyl halides is 2. The summed E-state index contributed by atoms with van der Waals surface area (Å²) in [7, 11) is 0. The summed E-state index contributed by atoms with van der Waals surface area (Å²) in [4.78, 5) is 19.7. The molecule has 0 amide bonds. The molecule has 0 radical (unpaired) electrons. The molecule has 0 bridgehead atoms. The fourth-order valence-electron chi connectivity index (χ4n) is 3.97. The third-order valence-corrected chi connectivity index (χ3v) is 6.11. The minimum absolute atomic E-state index is 0.360. The van der Waals surface area contributed by atoms with Crippen LogP contribution in [-0.2, 0) is 12.8 Å². The molecule has 0 saturated carbocycles. The van der Waals surface area contributed by atoms with Crippen molar-refractivity contribution in [2.24, 2.45) is 0 Å². The number of nitro groups is 1. The average Bonchev–Trinajstić information content (AvgIpc) is 3.19. The Kier molecular flexibility index (Phi) is 5.40. The smallest absolute Gasteiger partial charge is 0.270 e. The maximum absolute atomic E-state index is 13.2. The molecule has 6 nitrogen and oxygen atoms in total. The van der Waals surface area contributed by atoms with E-state index in [0.29, 0.717) is 17.2 Å².